The fourth-order valence-corrected chi connectivity index (χ4v) is 5.84. The molecule has 0 saturated heterocycles. The van der Waals surface area contributed by atoms with Gasteiger partial charge in [0.1, 0.15) is 17.2 Å². The van der Waals surface area contributed by atoms with Crippen LogP contribution in [0.1, 0.15) is 117 Å². The normalized spacial score (nSPS) is 13.0. The van der Waals surface area contributed by atoms with Crippen LogP contribution in [0.25, 0.3) is 0 Å². The quantitative estimate of drug-likeness (QED) is 0.0697. The third-order valence-corrected chi connectivity index (χ3v) is 8.88. The van der Waals surface area contributed by atoms with Crippen LogP contribution in [0.4, 0.5) is 84.7 Å². The Morgan fingerprint density at radius 1 is 0.393 bits per heavy atom. The number of hydrogen-bond donors (Lipinski definition) is 1. The van der Waals surface area contributed by atoms with Crippen LogP contribution in [-0.4, -0.2) is 13.9 Å². The number of unbranched alkanes of at least 4 members (excludes halogenated alkanes) is 11. The Morgan fingerprint density at radius 2 is 0.721 bits per heavy atom. The van der Waals surface area contributed by atoms with Crippen molar-refractivity contribution in [3.63, 3.8) is 0 Å². The number of rotatable bonds is 20. The monoisotopic (exact) mass is 909 g/mol. The van der Waals surface area contributed by atoms with Crippen LogP contribution >= 0.6 is 0 Å². The van der Waals surface area contributed by atoms with Gasteiger partial charge in [-0.25, -0.2) is 0 Å². The summed E-state index contributed by atoms with van der Waals surface area (Å²) < 4.78 is 263. The minimum absolute atomic E-state index is 0.0973. The molecule has 0 fully saturated rings. The minimum atomic E-state index is -5.64. The van der Waals surface area contributed by atoms with Crippen LogP contribution in [0.15, 0.2) is 48.5 Å². The lowest BCUT2D eigenvalue weighted by Gasteiger charge is -2.24. The lowest BCUT2D eigenvalue weighted by Crippen LogP contribution is -2.38. The van der Waals surface area contributed by atoms with E-state index < -0.39 is 119 Å². The van der Waals surface area contributed by atoms with Gasteiger partial charge in [0.2, 0.25) is 0 Å². The molecule has 0 unspecified atom stereocenters. The fourth-order valence-electron chi connectivity index (χ4n) is 5.84. The van der Waals surface area contributed by atoms with E-state index in [0.29, 0.717) is 12.8 Å². The predicted molar refractivity (Wildman–Crippen MR) is 187 cm³/mol. The molecule has 342 valence electrons. The van der Waals surface area contributed by atoms with Crippen LogP contribution in [0.2, 0.25) is 0 Å². The first-order valence-corrected chi connectivity index (χ1v) is 18.7. The summed E-state index contributed by atoms with van der Waals surface area (Å²) in [5.74, 6) is -4.76. The van der Waals surface area contributed by atoms with Gasteiger partial charge in [-0.2, -0.15) is 79.0 Å². The van der Waals surface area contributed by atoms with Crippen LogP contribution in [0.5, 0.6) is 17.2 Å². The first kappa shape index (κ1) is 51.0. The molecule has 0 aliphatic rings. The van der Waals surface area contributed by atoms with E-state index in [2.05, 4.69) is 12.2 Å². The maximum absolute atomic E-state index is 14.4. The van der Waals surface area contributed by atoms with Gasteiger partial charge in [0.05, 0.1) is 39.1 Å². The molecular formula is C38H38BF18NO3. The Kier molecular flexibility index (Phi) is 17.3. The SMILES string of the molecule is CCCCCCCCCCCCCCNc1c(OB(Oc2cc(C(F)(F)F)cc(C(F)(F)F)c2)Oc2cc(C(F)(F)F)cc(C(F)(F)F)c2)cc(C(F)(F)F)cc1C(F)(F)F. The molecule has 61 heavy (non-hydrogen) atoms. The average molecular weight is 910 g/mol. The number of nitrogens with one attached hydrogen (secondary N) is 1. The molecule has 3 aromatic carbocycles. The maximum atomic E-state index is 14.4. The molecule has 0 atom stereocenters. The van der Waals surface area contributed by atoms with Gasteiger partial charge >= 0.3 is 44.4 Å². The van der Waals surface area contributed by atoms with Crippen LogP contribution in [0.3, 0.4) is 0 Å². The first-order valence-electron chi connectivity index (χ1n) is 18.7. The molecule has 0 aromatic heterocycles. The van der Waals surface area contributed by atoms with Gasteiger partial charge in [-0.15, -0.1) is 0 Å². The summed E-state index contributed by atoms with van der Waals surface area (Å²) in [5.41, 5.74) is -13.9. The van der Waals surface area contributed by atoms with Gasteiger partial charge in [-0.05, 0) is 55.0 Å². The Bertz CT molecular complexity index is 1710. The predicted octanol–water partition coefficient (Wildman–Crippen LogP) is 15.4. The highest BCUT2D eigenvalue weighted by molar-refractivity contribution is 6.39. The molecule has 3 aromatic rings. The third kappa shape index (κ3) is 16.5. The van der Waals surface area contributed by atoms with Crippen LogP contribution in [0, 0.1) is 0 Å². The van der Waals surface area contributed by atoms with Gasteiger partial charge in [0.15, 0.2) is 0 Å². The second kappa shape index (κ2) is 20.7. The zero-order valence-corrected chi connectivity index (χ0v) is 31.9. The van der Waals surface area contributed by atoms with Crippen molar-refractivity contribution >= 4 is 13.0 Å². The third-order valence-electron chi connectivity index (χ3n) is 8.88. The summed E-state index contributed by atoms with van der Waals surface area (Å²) in [4.78, 5) is 0. The molecule has 0 spiro atoms. The summed E-state index contributed by atoms with van der Waals surface area (Å²) in [5, 5.41) is 2.23. The summed E-state index contributed by atoms with van der Waals surface area (Å²) in [6.45, 7) is 1.68. The zero-order chi connectivity index (χ0) is 46.0. The molecule has 0 aliphatic heterocycles. The molecule has 0 aliphatic carbocycles. The molecule has 1 N–H and O–H groups in total. The van der Waals surface area contributed by atoms with Gasteiger partial charge in [0, 0.05) is 6.54 Å². The highest BCUT2D eigenvalue weighted by Crippen LogP contribution is 2.46. The van der Waals surface area contributed by atoms with Crippen molar-refractivity contribution in [2.24, 2.45) is 0 Å². The van der Waals surface area contributed by atoms with Gasteiger partial charge in [-0.3, -0.25) is 0 Å². The van der Waals surface area contributed by atoms with E-state index >= 15 is 0 Å². The number of anilines is 1. The molecule has 3 rings (SSSR count). The zero-order valence-electron chi connectivity index (χ0n) is 31.9. The van der Waals surface area contributed by atoms with Gasteiger partial charge < -0.3 is 19.3 Å². The Morgan fingerprint density at radius 3 is 1.05 bits per heavy atom. The molecule has 0 amide bonds. The largest absolute Gasteiger partial charge is 0.864 e. The fraction of sp³-hybridized carbons (Fsp3) is 0.526. The van der Waals surface area contributed by atoms with Crippen molar-refractivity contribution in [3.05, 3.63) is 81.9 Å². The Hall–Kier alpha value is -4.34. The maximum Gasteiger partial charge on any atom is 0.864 e. The van der Waals surface area contributed by atoms with Crippen molar-refractivity contribution < 1.29 is 93.0 Å². The molecule has 0 radical (unpaired) electrons. The van der Waals surface area contributed by atoms with Crippen molar-refractivity contribution in [1.29, 1.82) is 0 Å². The molecule has 0 bridgehead atoms. The second-order valence-electron chi connectivity index (χ2n) is 13.8. The van der Waals surface area contributed by atoms with Crippen molar-refractivity contribution in [2.75, 3.05) is 11.9 Å². The second-order valence-corrected chi connectivity index (χ2v) is 13.8. The van der Waals surface area contributed by atoms with Gasteiger partial charge in [0.25, 0.3) is 0 Å². The summed E-state index contributed by atoms with van der Waals surface area (Å²) >= 11 is 0. The molecule has 4 nitrogen and oxygen atoms in total. The average Bonchev–Trinajstić information content (AvgIpc) is 3.11. The van der Waals surface area contributed by atoms with Crippen LogP contribution < -0.4 is 19.3 Å². The van der Waals surface area contributed by atoms with E-state index in [1.807, 2.05) is 0 Å². The highest BCUT2D eigenvalue weighted by Gasteiger charge is 2.44. The summed E-state index contributed by atoms with van der Waals surface area (Å²) in [7, 11) is -3.27. The molecule has 23 heteroatoms. The van der Waals surface area contributed by atoms with Crippen molar-refractivity contribution in [3.8, 4) is 17.2 Å². The molecule has 0 heterocycles. The lowest BCUT2D eigenvalue weighted by molar-refractivity contribution is -0.144. The number of halogens is 18. The van der Waals surface area contributed by atoms with E-state index in [-0.39, 0.29) is 42.8 Å². The Balaban J connectivity index is 2.09. The smallest absolute Gasteiger partial charge is 0.490 e. The summed E-state index contributed by atoms with van der Waals surface area (Å²) in [6, 6.07) is -2.05. The number of hydrogen-bond acceptors (Lipinski definition) is 4. The van der Waals surface area contributed by atoms with E-state index in [1.54, 1.807) is 0 Å². The number of alkyl halides is 18. The first-order chi connectivity index (χ1) is 28.0. The van der Waals surface area contributed by atoms with E-state index in [1.165, 1.54) is 0 Å². The molecule has 0 saturated carbocycles. The van der Waals surface area contributed by atoms with Crippen LogP contribution in [-0.2, 0) is 37.1 Å². The lowest BCUT2D eigenvalue weighted by atomic mass is 10.0. The van der Waals surface area contributed by atoms with Crippen molar-refractivity contribution in [1.82, 2.24) is 0 Å². The van der Waals surface area contributed by atoms with E-state index in [9.17, 15) is 79.0 Å². The van der Waals surface area contributed by atoms with E-state index in [4.69, 9.17) is 14.0 Å². The minimum Gasteiger partial charge on any atom is -0.490 e. The summed E-state index contributed by atoms with van der Waals surface area (Å²) in [6.07, 6.45) is -23.4. The Labute approximate surface area is 338 Å². The molecular weight excluding hydrogens is 871 g/mol. The number of benzene rings is 3. The van der Waals surface area contributed by atoms with E-state index in [0.717, 1.165) is 57.8 Å². The van der Waals surface area contributed by atoms with Crippen molar-refractivity contribution in [2.45, 2.75) is 121 Å². The topological polar surface area (TPSA) is 39.7 Å². The van der Waals surface area contributed by atoms with Gasteiger partial charge in [-0.1, -0.05) is 77.6 Å². The highest BCUT2D eigenvalue weighted by atomic mass is 19.4. The standard InChI is InChI=1S/C38H38BF18NO3/c1-2-3-4-5-6-7-8-9-10-11-12-13-14-58-32-30(38(55,56)57)21-27(37(52,53)54)22-31(32)61-39(59-28-17-23(33(40,41)42)15-24(18-28)34(43,44)45)60-29-19-25(35(46,47)48)16-26(20-29)36(49,50)51/h15-22,58H,2-14H2,1H3.